The first-order valence-corrected chi connectivity index (χ1v) is 13.3. The molecule has 33 heavy (non-hydrogen) atoms. The summed E-state index contributed by atoms with van der Waals surface area (Å²) in [5.74, 6) is 0.478. The van der Waals surface area contributed by atoms with E-state index >= 15 is 0 Å². The molecule has 0 aliphatic carbocycles. The lowest BCUT2D eigenvalue weighted by atomic mass is 9.79. The lowest BCUT2D eigenvalue weighted by molar-refractivity contribution is 0.372. The Morgan fingerprint density at radius 1 is 1.09 bits per heavy atom. The van der Waals surface area contributed by atoms with Crippen LogP contribution in [-0.2, 0) is 0 Å². The van der Waals surface area contributed by atoms with Gasteiger partial charge in [-0.2, -0.15) is 5.26 Å². The number of benzene rings is 1. The smallest absolute Gasteiger partial charge is 0.157 e. The number of fused-ring (bicyclic) bond motifs is 1. The number of unbranched alkanes of at least 4 members (excludes halogenated alkanes) is 5. The van der Waals surface area contributed by atoms with Crippen LogP contribution in [0.1, 0.15) is 106 Å². The van der Waals surface area contributed by atoms with Crippen molar-refractivity contribution in [2.75, 3.05) is 11.4 Å². The van der Waals surface area contributed by atoms with E-state index in [-0.39, 0.29) is 5.54 Å². The Hall–Kier alpha value is -2.19. The molecule has 1 unspecified atom stereocenters. The molecule has 0 saturated heterocycles. The number of azo groups is 1. The Bertz CT molecular complexity index is 1040. The third kappa shape index (κ3) is 5.66. The van der Waals surface area contributed by atoms with Crippen LogP contribution in [0.4, 0.5) is 16.4 Å². The van der Waals surface area contributed by atoms with Gasteiger partial charge in [0.2, 0.25) is 0 Å². The van der Waals surface area contributed by atoms with E-state index in [0.717, 1.165) is 34.7 Å². The monoisotopic (exact) mass is 464 g/mol. The largest absolute Gasteiger partial charge is 0.366 e. The molecule has 1 aliphatic heterocycles. The van der Waals surface area contributed by atoms with Crippen molar-refractivity contribution in [3.63, 3.8) is 0 Å². The van der Waals surface area contributed by atoms with Gasteiger partial charge in [0.1, 0.15) is 6.07 Å². The second-order valence-corrected chi connectivity index (χ2v) is 11.5. The first kappa shape index (κ1) is 25.4. The van der Waals surface area contributed by atoms with Gasteiger partial charge in [-0.1, -0.05) is 46.0 Å². The van der Waals surface area contributed by atoms with E-state index in [2.05, 4.69) is 67.9 Å². The molecule has 5 heteroatoms. The number of thiophene rings is 1. The van der Waals surface area contributed by atoms with Gasteiger partial charge in [-0.3, -0.25) is 0 Å². The van der Waals surface area contributed by atoms with Crippen molar-refractivity contribution < 1.29 is 0 Å². The van der Waals surface area contributed by atoms with Gasteiger partial charge in [0, 0.05) is 22.6 Å². The second-order valence-electron chi connectivity index (χ2n) is 10.3. The van der Waals surface area contributed by atoms with Crippen LogP contribution in [0.3, 0.4) is 0 Å². The van der Waals surface area contributed by atoms with Crippen LogP contribution in [-0.4, -0.2) is 12.1 Å². The molecule has 0 bridgehead atoms. The molecule has 1 aliphatic rings. The van der Waals surface area contributed by atoms with Crippen molar-refractivity contribution in [2.45, 2.75) is 105 Å². The van der Waals surface area contributed by atoms with Gasteiger partial charge >= 0.3 is 0 Å². The van der Waals surface area contributed by atoms with Gasteiger partial charge < -0.3 is 4.90 Å². The summed E-state index contributed by atoms with van der Waals surface area (Å²) in [6.45, 7) is 16.6. The average Bonchev–Trinajstić information content (AvgIpc) is 3.03. The highest BCUT2D eigenvalue weighted by Gasteiger charge is 2.36. The minimum Gasteiger partial charge on any atom is -0.366 e. The molecule has 0 radical (unpaired) electrons. The summed E-state index contributed by atoms with van der Waals surface area (Å²) < 4.78 is 0. The summed E-state index contributed by atoms with van der Waals surface area (Å²) in [6.07, 6.45) is 9.05. The first-order valence-electron chi connectivity index (χ1n) is 12.5. The normalized spacial score (nSPS) is 17.4. The van der Waals surface area contributed by atoms with Crippen LogP contribution in [0.2, 0.25) is 0 Å². The van der Waals surface area contributed by atoms with Crippen LogP contribution in [0, 0.1) is 32.1 Å². The van der Waals surface area contributed by atoms with Crippen LogP contribution in [0.25, 0.3) is 0 Å². The number of nitriles is 1. The maximum Gasteiger partial charge on any atom is 0.157 e. The maximum absolute atomic E-state index is 9.52. The molecule has 0 fully saturated rings. The highest BCUT2D eigenvalue weighted by molar-refractivity contribution is 7.16. The quantitative estimate of drug-likeness (QED) is 0.274. The van der Waals surface area contributed by atoms with Crippen molar-refractivity contribution in [3.05, 3.63) is 39.3 Å². The minimum absolute atomic E-state index is 0.152. The highest BCUT2D eigenvalue weighted by atomic mass is 32.1. The molecule has 1 atom stereocenters. The lowest BCUT2D eigenvalue weighted by Gasteiger charge is -2.48. The lowest BCUT2D eigenvalue weighted by Crippen LogP contribution is -2.48. The summed E-state index contributed by atoms with van der Waals surface area (Å²) in [5.41, 5.74) is 6.60. The zero-order valence-corrected chi connectivity index (χ0v) is 22.4. The number of aryl methyl sites for hydroxylation is 2. The van der Waals surface area contributed by atoms with Crippen molar-refractivity contribution >= 4 is 27.7 Å². The Morgan fingerprint density at radius 3 is 2.48 bits per heavy atom. The predicted octanol–water partition coefficient (Wildman–Crippen LogP) is 9.41. The molecular formula is C28H40N4S. The Morgan fingerprint density at radius 2 is 1.79 bits per heavy atom. The molecule has 0 saturated carbocycles. The Balaban J connectivity index is 1.86. The molecule has 2 aromatic rings. The third-order valence-corrected chi connectivity index (χ3v) is 8.26. The van der Waals surface area contributed by atoms with Crippen molar-refractivity contribution in [3.8, 4) is 6.07 Å². The predicted molar refractivity (Wildman–Crippen MR) is 142 cm³/mol. The summed E-state index contributed by atoms with van der Waals surface area (Å²) in [6, 6.07) is 6.84. The molecule has 2 heterocycles. The molecule has 0 N–H and O–H groups in total. The fourth-order valence-corrected chi connectivity index (χ4v) is 6.04. The molecule has 0 spiro atoms. The van der Waals surface area contributed by atoms with Crippen LogP contribution >= 0.6 is 11.3 Å². The first-order chi connectivity index (χ1) is 15.7. The number of hydrogen-bond donors (Lipinski definition) is 0. The SMILES string of the molecule is CCCCCCCCN1c2cc(C)c(N=Nc3sc(C)c(C)c3C#N)cc2C(C)CC1(C)C. The van der Waals surface area contributed by atoms with Gasteiger partial charge in [-0.15, -0.1) is 21.6 Å². The van der Waals surface area contributed by atoms with Gasteiger partial charge in [-0.05, 0) is 82.2 Å². The number of rotatable bonds is 9. The van der Waals surface area contributed by atoms with E-state index in [4.69, 9.17) is 0 Å². The summed E-state index contributed by atoms with van der Waals surface area (Å²) in [5, 5.41) is 19.3. The average molecular weight is 465 g/mol. The van der Waals surface area contributed by atoms with E-state index in [9.17, 15) is 5.26 Å². The summed E-state index contributed by atoms with van der Waals surface area (Å²) in [4.78, 5) is 3.76. The van der Waals surface area contributed by atoms with Crippen molar-refractivity contribution in [2.24, 2.45) is 10.2 Å². The molecule has 1 aromatic heterocycles. The molecule has 1 aromatic carbocycles. The fourth-order valence-electron chi connectivity index (χ4n) is 5.11. The minimum atomic E-state index is 0.152. The van der Waals surface area contributed by atoms with E-state index < -0.39 is 0 Å². The Labute approximate surface area is 204 Å². The van der Waals surface area contributed by atoms with Crippen molar-refractivity contribution in [1.29, 1.82) is 5.26 Å². The van der Waals surface area contributed by atoms with Gasteiger partial charge in [0.15, 0.2) is 5.00 Å². The molecular weight excluding hydrogens is 424 g/mol. The van der Waals surface area contributed by atoms with E-state index in [1.54, 1.807) is 11.3 Å². The summed E-state index contributed by atoms with van der Waals surface area (Å²) in [7, 11) is 0. The molecule has 4 nitrogen and oxygen atoms in total. The standard InChI is InChI=1S/C28H40N4S/c1-8-9-10-11-12-13-14-32-26-15-19(2)25(16-23(26)20(3)17-28(32,6)7)30-31-27-24(18-29)21(4)22(5)33-27/h15-16,20H,8-14,17H2,1-7H3. The number of nitrogens with zero attached hydrogens (tertiary/aromatic N) is 4. The van der Waals surface area contributed by atoms with E-state index in [1.165, 1.54) is 49.8 Å². The van der Waals surface area contributed by atoms with Gasteiger partial charge in [0.05, 0.1) is 11.3 Å². The zero-order chi connectivity index (χ0) is 24.2. The van der Waals surface area contributed by atoms with Crippen LogP contribution in [0.5, 0.6) is 0 Å². The number of hydrogen-bond acceptors (Lipinski definition) is 5. The molecule has 0 amide bonds. The Kier molecular flexibility index (Phi) is 8.34. The van der Waals surface area contributed by atoms with Crippen LogP contribution in [0.15, 0.2) is 22.4 Å². The topological polar surface area (TPSA) is 51.8 Å². The third-order valence-electron chi connectivity index (χ3n) is 7.17. The fraction of sp³-hybridized carbons (Fsp3) is 0.607. The zero-order valence-electron chi connectivity index (χ0n) is 21.6. The van der Waals surface area contributed by atoms with Gasteiger partial charge in [-0.25, -0.2) is 0 Å². The second kappa shape index (κ2) is 10.8. The maximum atomic E-state index is 9.52. The van der Waals surface area contributed by atoms with E-state index in [1.807, 2.05) is 13.8 Å². The highest BCUT2D eigenvalue weighted by Crippen LogP contribution is 2.46. The van der Waals surface area contributed by atoms with Gasteiger partial charge in [0.25, 0.3) is 0 Å². The summed E-state index contributed by atoms with van der Waals surface area (Å²) >= 11 is 1.54. The molecule has 178 valence electrons. The van der Waals surface area contributed by atoms with E-state index in [0.29, 0.717) is 16.5 Å². The van der Waals surface area contributed by atoms with Crippen molar-refractivity contribution in [1.82, 2.24) is 0 Å². The van der Waals surface area contributed by atoms with Crippen LogP contribution < -0.4 is 4.90 Å². The number of anilines is 1. The molecule has 3 rings (SSSR count).